The molecule has 0 unspecified atom stereocenters. The zero-order valence-electron chi connectivity index (χ0n) is 9.00. The van der Waals surface area contributed by atoms with E-state index in [2.05, 4.69) is 26.2 Å². The number of hydrogen-bond donors (Lipinski definition) is 1. The number of nitrogens with one attached hydrogen (secondary N) is 1. The van der Waals surface area contributed by atoms with Crippen molar-refractivity contribution in [1.82, 2.24) is 10.3 Å². The van der Waals surface area contributed by atoms with Crippen LogP contribution in [0.3, 0.4) is 0 Å². The highest BCUT2D eigenvalue weighted by Gasteiger charge is 2.03. The van der Waals surface area contributed by atoms with Crippen LogP contribution in [0.2, 0.25) is 0 Å². The van der Waals surface area contributed by atoms with Gasteiger partial charge in [0.15, 0.2) is 4.67 Å². The molecule has 0 saturated heterocycles. The minimum Gasteiger partial charge on any atom is -0.453 e. The van der Waals surface area contributed by atoms with Crippen molar-refractivity contribution >= 4 is 15.9 Å². The van der Waals surface area contributed by atoms with Crippen molar-refractivity contribution < 1.29 is 8.83 Å². The molecule has 0 aliphatic carbocycles. The number of halogens is 1. The van der Waals surface area contributed by atoms with Gasteiger partial charge in [0, 0.05) is 6.42 Å². The molecule has 0 aliphatic rings. The van der Waals surface area contributed by atoms with Gasteiger partial charge in [-0.3, -0.25) is 0 Å². The van der Waals surface area contributed by atoms with Gasteiger partial charge in [-0.1, -0.05) is 6.92 Å². The molecular weight excluding hydrogens is 272 g/mol. The summed E-state index contributed by atoms with van der Waals surface area (Å²) < 4.78 is 11.6. The summed E-state index contributed by atoms with van der Waals surface area (Å²) in [5.41, 5.74) is 0. The van der Waals surface area contributed by atoms with E-state index in [9.17, 15) is 0 Å². The summed E-state index contributed by atoms with van der Waals surface area (Å²) in [6.07, 6.45) is 2.64. The minimum absolute atomic E-state index is 0.609. The zero-order chi connectivity index (χ0) is 11.4. The van der Waals surface area contributed by atoms with Crippen molar-refractivity contribution in [3.05, 3.63) is 40.4 Å². The van der Waals surface area contributed by atoms with Crippen LogP contribution in [0.1, 0.15) is 24.3 Å². The Hall–Kier alpha value is -1.07. The van der Waals surface area contributed by atoms with Crippen molar-refractivity contribution in [2.24, 2.45) is 0 Å². The molecule has 0 fully saturated rings. The molecule has 0 aromatic carbocycles. The van der Waals surface area contributed by atoms with Gasteiger partial charge in [0.25, 0.3) is 0 Å². The maximum atomic E-state index is 5.46. The standard InChI is InChI=1S/C11H13BrN2O2/c1-2-8-6-14-11(16-8)7-13-5-9-3-4-10(12)15-9/h3-4,6,13H,2,5,7H2,1H3. The summed E-state index contributed by atoms with van der Waals surface area (Å²) >= 11 is 3.26. The van der Waals surface area contributed by atoms with E-state index in [-0.39, 0.29) is 0 Å². The van der Waals surface area contributed by atoms with E-state index < -0.39 is 0 Å². The van der Waals surface area contributed by atoms with E-state index in [0.29, 0.717) is 19.0 Å². The first-order valence-corrected chi connectivity index (χ1v) is 5.95. The smallest absolute Gasteiger partial charge is 0.208 e. The summed E-state index contributed by atoms with van der Waals surface area (Å²) in [5, 5.41) is 3.20. The summed E-state index contributed by atoms with van der Waals surface area (Å²) in [6, 6.07) is 3.79. The van der Waals surface area contributed by atoms with Crippen LogP contribution in [0.5, 0.6) is 0 Å². The zero-order valence-corrected chi connectivity index (χ0v) is 10.6. The number of rotatable bonds is 5. The predicted octanol–water partition coefficient (Wildman–Crippen LogP) is 2.88. The van der Waals surface area contributed by atoms with Crippen molar-refractivity contribution in [3.8, 4) is 0 Å². The van der Waals surface area contributed by atoms with Gasteiger partial charge in [-0.05, 0) is 28.1 Å². The molecule has 0 aliphatic heterocycles. The lowest BCUT2D eigenvalue weighted by molar-refractivity contribution is 0.420. The fourth-order valence-corrected chi connectivity index (χ4v) is 1.67. The molecule has 0 radical (unpaired) electrons. The van der Waals surface area contributed by atoms with Gasteiger partial charge in [0.05, 0.1) is 19.3 Å². The molecule has 0 bridgehead atoms. The summed E-state index contributed by atoms with van der Waals surface area (Å²) in [4.78, 5) is 4.15. The van der Waals surface area contributed by atoms with Gasteiger partial charge in [0.2, 0.25) is 5.89 Å². The van der Waals surface area contributed by atoms with Gasteiger partial charge >= 0.3 is 0 Å². The third-order valence-electron chi connectivity index (χ3n) is 2.15. The second-order valence-corrected chi connectivity index (χ2v) is 4.16. The van der Waals surface area contributed by atoms with Crippen LogP contribution in [-0.2, 0) is 19.5 Å². The van der Waals surface area contributed by atoms with Crippen LogP contribution in [-0.4, -0.2) is 4.98 Å². The van der Waals surface area contributed by atoms with Crippen molar-refractivity contribution in [3.63, 3.8) is 0 Å². The third kappa shape index (κ3) is 2.96. The molecule has 5 heteroatoms. The highest BCUT2D eigenvalue weighted by atomic mass is 79.9. The normalized spacial score (nSPS) is 10.9. The number of aryl methyl sites for hydroxylation is 1. The highest BCUT2D eigenvalue weighted by Crippen LogP contribution is 2.13. The molecule has 2 rings (SSSR count). The van der Waals surface area contributed by atoms with Crippen molar-refractivity contribution in [1.29, 1.82) is 0 Å². The minimum atomic E-state index is 0.609. The predicted molar refractivity (Wildman–Crippen MR) is 62.8 cm³/mol. The second-order valence-electron chi connectivity index (χ2n) is 3.38. The van der Waals surface area contributed by atoms with E-state index in [1.807, 2.05) is 19.1 Å². The lowest BCUT2D eigenvalue weighted by Crippen LogP contribution is -2.12. The topological polar surface area (TPSA) is 51.2 Å². The van der Waals surface area contributed by atoms with E-state index in [1.165, 1.54) is 0 Å². The third-order valence-corrected chi connectivity index (χ3v) is 2.58. The Morgan fingerprint density at radius 1 is 1.25 bits per heavy atom. The van der Waals surface area contributed by atoms with Crippen LogP contribution in [0.4, 0.5) is 0 Å². The first-order chi connectivity index (χ1) is 7.78. The van der Waals surface area contributed by atoms with E-state index in [4.69, 9.17) is 8.83 Å². The molecule has 4 nitrogen and oxygen atoms in total. The van der Waals surface area contributed by atoms with Crippen LogP contribution >= 0.6 is 15.9 Å². The van der Waals surface area contributed by atoms with E-state index in [1.54, 1.807) is 6.20 Å². The van der Waals surface area contributed by atoms with Crippen LogP contribution < -0.4 is 5.32 Å². The molecule has 2 aromatic rings. The second kappa shape index (κ2) is 5.32. The summed E-state index contributed by atoms with van der Waals surface area (Å²) in [7, 11) is 0. The summed E-state index contributed by atoms with van der Waals surface area (Å²) in [5.74, 6) is 2.51. The van der Waals surface area contributed by atoms with Gasteiger partial charge in [-0.25, -0.2) is 4.98 Å². The summed E-state index contributed by atoms with van der Waals surface area (Å²) in [6.45, 7) is 3.31. The first-order valence-electron chi connectivity index (χ1n) is 5.16. The molecule has 2 heterocycles. The maximum absolute atomic E-state index is 5.46. The van der Waals surface area contributed by atoms with Crippen LogP contribution in [0.25, 0.3) is 0 Å². The molecule has 2 aromatic heterocycles. The van der Waals surface area contributed by atoms with E-state index in [0.717, 1.165) is 22.6 Å². The Bertz CT molecular complexity index is 450. The molecule has 1 N–H and O–H groups in total. The molecule has 86 valence electrons. The van der Waals surface area contributed by atoms with Crippen molar-refractivity contribution in [2.75, 3.05) is 0 Å². The van der Waals surface area contributed by atoms with Gasteiger partial charge < -0.3 is 14.2 Å². The molecule has 0 spiro atoms. The van der Waals surface area contributed by atoms with Crippen molar-refractivity contribution in [2.45, 2.75) is 26.4 Å². The quantitative estimate of drug-likeness (QED) is 0.917. The monoisotopic (exact) mass is 284 g/mol. The highest BCUT2D eigenvalue weighted by molar-refractivity contribution is 9.10. The lowest BCUT2D eigenvalue weighted by Gasteiger charge is -1.98. The SMILES string of the molecule is CCc1cnc(CNCc2ccc(Br)o2)o1. The molecule has 0 saturated carbocycles. The number of furan rings is 1. The largest absolute Gasteiger partial charge is 0.453 e. The Morgan fingerprint density at radius 3 is 2.75 bits per heavy atom. The van der Waals surface area contributed by atoms with Gasteiger partial charge in [-0.15, -0.1) is 0 Å². The number of nitrogens with zero attached hydrogens (tertiary/aromatic N) is 1. The number of hydrogen-bond acceptors (Lipinski definition) is 4. The number of aromatic nitrogens is 1. The Kier molecular flexibility index (Phi) is 3.79. The lowest BCUT2D eigenvalue weighted by atomic mass is 10.4. The fraction of sp³-hybridized carbons (Fsp3) is 0.364. The first kappa shape index (κ1) is 11.4. The van der Waals surface area contributed by atoms with Crippen LogP contribution in [0, 0.1) is 0 Å². The Balaban J connectivity index is 1.79. The van der Waals surface area contributed by atoms with Gasteiger partial charge in [-0.2, -0.15) is 0 Å². The van der Waals surface area contributed by atoms with Crippen LogP contribution in [0.15, 0.2) is 31.8 Å². The average Bonchev–Trinajstić information content (AvgIpc) is 2.88. The molecule has 0 atom stereocenters. The fourth-order valence-electron chi connectivity index (χ4n) is 1.33. The maximum Gasteiger partial charge on any atom is 0.208 e. The van der Waals surface area contributed by atoms with E-state index >= 15 is 0 Å². The molecular formula is C11H13BrN2O2. The molecule has 0 amide bonds. The number of oxazole rings is 1. The molecule has 16 heavy (non-hydrogen) atoms. The van der Waals surface area contributed by atoms with Gasteiger partial charge in [0.1, 0.15) is 11.5 Å². The Labute approximate surface area is 102 Å². The average molecular weight is 285 g/mol. The Morgan fingerprint density at radius 2 is 2.12 bits per heavy atom.